The van der Waals surface area contributed by atoms with Gasteiger partial charge in [0, 0.05) is 37.2 Å². The Hall–Kier alpha value is -3.19. The molecular formula is C25H29FN4O2. The lowest BCUT2D eigenvalue weighted by atomic mass is 9.81. The zero-order chi connectivity index (χ0) is 22.7. The lowest BCUT2D eigenvalue weighted by molar-refractivity contribution is 0.0576. The number of likely N-dealkylation sites (tertiary alicyclic amines) is 1. The number of nitrogens with zero attached hydrogens (tertiary/aromatic N) is 3. The van der Waals surface area contributed by atoms with Gasteiger partial charge in [0.25, 0.3) is 5.88 Å². The maximum atomic E-state index is 14.9. The normalized spacial score (nSPS) is 15.9. The maximum absolute atomic E-state index is 14.9. The number of methoxy groups -OCH3 is 1. The Labute approximate surface area is 187 Å². The van der Waals surface area contributed by atoms with E-state index >= 15 is 0 Å². The maximum Gasteiger partial charge on any atom is 0.253 e. The molecule has 0 spiro atoms. The summed E-state index contributed by atoms with van der Waals surface area (Å²) in [4.78, 5) is 6.42. The quantitative estimate of drug-likeness (QED) is 0.456. The zero-order valence-corrected chi connectivity index (χ0v) is 18.7. The molecule has 168 valence electrons. The van der Waals surface area contributed by atoms with Crippen molar-refractivity contribution in [1.29, 1.82) is 0 Å². The van der Waals surface area contributed by atoms with Crippen molar-refractivity contribution in [2.45, 2.75) is 38.2 Å². The van der Waals surface area contributed by atoms with Crippen LogP contribution in [0.3, 0.4) is 0 Å². The standard InChI is InChI=1S/C25H29FN4O2/c1-25(2,18-9-10-20(21(26)15-18)17-7-5-4-6-8-17)22-16-23(32-29-22)28-24(27)30-13-11-19(31-3)12-14-30/h4-10,15-16,19H,11-14H2,1-3H3,(H2,27,28). The molecule has 0 radical (unpaired) electrons. The van der Waals surface area contributed by atoms with Crippen LogP contribution in [-0.2, 0) is 10.2 Å². The highest BCUT2D eigenvalue weighted by molar-refractivity contribution is 5.80. The van der Waals surface area contributed by atoms with Crippen LogP contribution in [0.1, 0.15) is 37.9 Å². The number of rotatable bonds is 5. The van der Waals surface area contributed by atoms with Gasteiger partial charge in [0.05, 0.1) is 11.8 Å². The van der Waals surface area contributed by atoms with Crippen LogP contribution in [0.25, 0.3) is 11.1 Å². The molecule has 32 heavy (non-hydrogen) atoms. The summed E-state index contributed by atoms with van der Waals surface area (Å²) < 4.78 is 25.8. The summed E-state index contributed by atoms with van der Waals surface area (Å²) in [5, 5.41) is 4.20. The van der Waals surface area contributed by atoms with Crippen LogP contribution in [0.4, 0.5) is 10.3 Å². The molecule has 1 fully saturated rings. The SMILES string of the molecule is COC1CCN(/C(N)=N\c2cc(C(C)(C)c3ccc(-c4ccccc4)c(F)c3)no2)CC1. The van der Waals surface area contributed by atoms with Gasteiger partial charge in [-0.2, -0.15) is 4.99 Å². The van der Waals surface area contributed by atoms with Crippen molar-refractivity contribution in [2.75, 3.05) is 20.2 Å². The highest BCUT2D eigenvalue weighted by atomic mass is 19.1. The number of aliphatic imine (C=N–C) groups is 1. The molecule has 0 saturated carbocycles. The van der Waals surface area contributed by atoms with E-state index in [1.54, 1.807) is 19.2 Å². The Morgan fingerprint density at radius 3 is 2.53 bits per heavy atom. The lowest BCUT2D eigenvalue weighted by Crippen LogP contribution is -2.44. The van der Waals surface area contributed by atoms with Crippen molar-refractivity contribution in [2.24, 2.45) is 10.7 Å². The molecule has 0 amide bonds. The first-order chi connectivity index (χ1) is 15.4. The smallest absolute Gasteiger partial charge is 0.253 e. The summed E-state index contributed by atoms with van der Waals surface area (Å²) in [5.41, 5.74) is 8.49. The fraction of sp³-hybridized carbons (Fsp3) is 0.360. The van der Waals surface area contributed by atoms with Crippen molar-refractivity contribution < 1.29 is 13.7 Å². The summed E-state index contributed by atoms with van der Waals surface area (Å²) in [5.74, 6) is 0.464. The van der Waals surface area contributed by atoms with Gasteiger partial charge in [-0.25, -0.2) is 4.39 Å². The molecular weight excluding hydrogens is 407 g/mol. The number of aromatic nitrogens is 1. The van der Waals surface area contributed by atoms with Gasteiger partial charge in [-0.1, -0.05) is 61.5 Å². The van der Waals surface area contributed by atoms with E-state index in [2.05, 4.69) is 10.1 Å². The number of guanidine groups is 1. The Kier molecular flexibility index (Phi) is 6.28. The third-order valence-electron chi connectivity index (χ3n) is 6.24. The highest BCUT2D eigenvalue weighted by Crippen LogP contribution is 2.35. The fourth-order valence-corrected chi connectivity index (χ4v) is 4.02. The van der Waals surface area contributed by atoms with E-state index in [0.717, 1.165) is 37.1 Å². The molecule has 0 bridgehead atoms. The van der Waals surface area contributed by atoms with Crippen LogP contribution in [0.5, 0.6) is 0 Å². The Morgan fingerprint density at radius 1 is 1.16 bits per heavy atom. The molecule has 1 aliphatic rings. The van der Waals surface area contributed by atoms with E-state index in [1.165, 1.54) is 0 Å². The number of halogens is 1. The first-order valence-corrected chi connectivity index (χ1v) is 10.8. The first kappa shape index (κ1) is 22.0. The lowest BCUT2D eigenvalue weighted by Gasteiger charge is -2.31. The van der Waals surface area contributed by atoms with Gasteiger partial charge in [-0.15, -0.1) is 0 Å². The van der Waals surface area contributed by atoms with Gasteiger partial charge in [0.2, 0.25) is 0 Å². The van der Waals surface area contributed by atoms with E-state index in [1.807, 2.05) is 61.2 Å². The number of piperidine rings is 1. The van der Waals surface area contributed by atoms with Gasteiger partial charge < -0.3 is 19.9 Å². The topological polar surface area (TPSA) is 76.9 Å². The molecule has 1 aromatic heterocycles. The third-order valence-corrected chi connectivity index (χ3v) is 6.24. The molecule has 0 aliphatic carbocycles. The highest BCUT2D eigenvalue weighted by Gasteiger charge is 2.29. The van der Waals surface area contributed by atoms with Crippen LogP contribution in [0, 0.1) is 5.82 Å². The predicted octanol–water partition coefficient (Wildman–Crippen LogP) is 4.86. The van der Waals surface area contributed by atoms with Crippen LogP contribution < -0.4 is 5.73 Å². The minimum absolute atomic E-state index is 0.269. The van der Waals surface area contributed by atoms with Crippen LogP contribution in [0.2, 0.25) is 0 Å². The Balaban J connectivity index is 1.52. The molecule has 0 unspecified atom stereocenters. The second-order valence-electron chi connectivity index (χ2n) is 8.63. The molecule has 3 aromatic rings. The van der Waals surface area contributed by atoms with Gasteiger partial charge in [0.1, 0.15) is 5.82 Å². The predicted molar refractivity (Wildman–Crippen MR) is 123 cm³/mol. The molecule has 2 aromatic carbocycles. The zero-order valence-electron chi connectivity index (χ0n) is 18.7. The Morgan fingerprint density at radius 2 is 1.88 bits per heavy atom. The number of ether oxygens (including phenoxy) is 1. The molecule has 0 atom stereocenters. The van der Waals surface area contributed by atoms with Crippen molar-refractivity contribution in [3.8, 4) is 11.1 Å². The summed E-state index contributed by atoms with van der Waals surface area (Å²) in [6.07, 6.45) is 2.09. The second-order valence-corrected chi connectivity index (χ2v) is 8.63. The van der Waals surface area contributed by atoms with Gasteiger partial charge in [0.15, 0.2) is 5.96 Å². The van der Waals surface area contributed by atoms with Crippen LogP contribution in [-0.4, -0.2) is 42.3 Å². The van der Waals surface area contributed by atoms with E-state index in [4.69, 9.17) is 15.0 Å². The molecule has 1 aliphatic heterocycles. The van der Waals surface area contributed by atoms with E-state index in [-0.39, 0.29) is 11.9 Å². The summed E-state index contributed by atoms with van der Waals surface area (Å²) in [7, 11) is 1.73. The monoisotopic (exact) mass is 436 g/mol. The second kappa shape index (κ2) is 9.12. The Bertz CT molecular complexity index is 1090. The number of hydrogen-bond donors (Lipinski definition) is 1. The van der Waals surface area contributed by atoms with Crippen molar-refractivity contribution in [1.82, 2.24) is 10.1 Å². The minimum atomic E-state index is -0.571. The first-order valence-electron chi connectivity index (χ1n) is 10.8. The van der Waals surface area contributed by atoms with Crippen molar-refractivity contribution >= 4 is 11.8 Å². The molecule has 7 heteroatoms. The summed E-state index contributed by atoms with van der Waals surface area (Å²) >= 11 is 0. The van der Waals surface area contributed by atoms with Crippen LogP contribution in [0.15, 0.2) is 64.1 Å². The van der Waals surface area contributed by atoms with E-state index in [0.29, 0.717) is 23.1 Å². The molecule has 4 rings (SSSR count). The van der Waals surface area contributed by atoms with Gasteiger partial charge in [-0.3, -0.25) is 0 Å². The van der Waals surface area contributed by atoms with E-state index < -0.39 is 5.41 Å². The summed E-state index contributed by atoms with van der Waals surface area (Å²) in [6, 6.07) is 16.6. The number of benzene rings is 2. The molecule has 1 saturated heterocycles. The fourth-order valence-electron chi connectivity index (χ4n) is 4.02. The third kappa shape index (κ3) is 4.53. The van der Waals surface area contributed by atoms with Gasteiger partial charge in [-0.05, 0) is 30.0 Å². The van der Waals surface area contributed by atoms with Gasteiger partial charge >= 0.3 is 0 Å². The number of hydrogen-bond acceptors (Lipinski definition) is 4. The van der Waals surface area contributed by atoms with Crippen molar-refractivity contribution in [3.05, 3.63) is 71.7 Å². The number of nitrogens with two attached hydrogens (primary N) is 1. The molecule has 2 heterocycles. The largest absolute Gasteiger partial charge is 0.381 e. The summed E-state index contributed by atoms with van der Waals surface area (Å²) in [6.45, 7) is 5.53. The average Bonchev–Trinajstić information content (AvgIpc) is 3.29. The average molecular weight is 437 g/mol. The van der Waals surface area contributed by atoms with E-state index in [9.17, 15) is 4.39 Å². The minimum Gasteiger partial charge on any atom is -0.381 e. The van der Waals surface area contributed by atoms with Crippen molar-refractivity contribution in [3.63, 3.8) is 0 Å². The van der Waals surface area contributed by atoms with Crippen LogP contribution >= 0.6 is 0 Å². The molecule has 6 nitrogen and oxygen atoms in total. The molecule has 2 N–H and O–H groups in total.